The highest BCUT2D eigenvalue weighted by Gasteiger charge is 2.14. The van der Waals surface area contributed by atoms with Crippen molar-refractivity contribution in [1.29, 1.82) is 0 Å². The van der Waals surface area contributed by atoms with E-state index in [1.807, 2.05) is 0 Å². The van der Waals surface area contributed by atoms with Gasteiger partial charge in [-0.15, -0.1) is 0 Å². The molecule has 0 aliphatic heterocycles. The van der Waals surface area contributed by atoms with Gasteiger partial charge in [0.2, 0.25) is 5.76 Å². The van der Waals surface area contributed by atoms with E-state index >= 15 is 0 Å². The molecule has 92 valence electrons. The first-order chi connectivity index (χ1) is 8.61. The molecule has 0 saturated heterocycles. The van der Waals surface area contributed by atoms with Crippen LogP contribution in [0.5, 0.6) is 0 Å². The van der Waals surface area contributed by atoms with Crippen molar-refractivity contribution in [1.82, 2.24) is 5.16 Å². The van der Waals surface area contributed by atoms with Crippen LogP contribution in [0.2, 0.25) is 0 Å². The fourth-order valence-corrected chi connectivity index (χ4v) is 1.36. The number of carbonyl (C=O) groups is 1. The number of ether oxygens (including phenoxy) is 1. The van der Waals surface area contributed by atoms with Gasteiger partial charge in [0.25, 0.3) is 5.69 Å². The molecule has 0 aliphatic rings. The Bertz CT molecular complexity index is 588. The Balaban J connectivity index is 2.29. The van der Waals surface area contributed by atoms with Gasteiger partial charge in [0.05, 0.1) is 12.0 Å². The topological polar surface area (TPSA) is 95.5 Å². The largest absolute Gasteiger partial charge is 0.463 e. The number of rotatable bonds is 3. The van der Waals surface area contributed by atoms with E-state index in [1.54, 1.807) is 0 Å². The molecule has 0 aliphatic carbocycles. The van der Waals surface area contributed by atoms with Gasteiger partial charge in [-0.05, 0) is 12.1 Å². The average molecular weight is 248 g/mol. The van der Waals surface area contributed by atoms with Crippen LogP contribution in [0, 0.1) is 10.1 Å². The zero-order valence-corrected chi connectivity index (χ0v) is 9.32. The summed E-state index contributed by atoms with van der Waals surface area (Å²) in [6, 6.07) is 7.16. The summed E-state index contributed by atoms with van der Waals surface area (Å²) in [6.07, 6.45) is 0. The van der Waals surface area contributed by atoms with Crippen LogP contribution in [0.3, 0.4) is 0 Å². The Morgan fingerprint density at radius 2 is 2.06 bits per heavy atom. The molecule has 1 aromatic carbocycles. The minimum absolute atomic E-state index is 0.0181. The highest BCUT2D eigenvalue weighted by molar-refractivity contribution is 5.87. The summed E-state index contributed by atoms with van der Waals surface area (Å²) in [5, 5.41) is 14.2. The molecule has 7 heteroatoms. The molecule has 0 atom stereocenters. The second-order valence-corrected chi connectivity index (χ2v) is 3.37. The van der Waals surface area contributed by atoms with Gasteiger partial charge in [0.1, 0.15) is 5.69 Å². The van der Waals surface area contributed by atoms with Gasteiger partial charge in [-0.2, -0.15) is 0 Å². The molecule has 18 heavy (non-hydrogen) atoms. The Labute approximate surface area is 101 Å². The van der Waals surface area contributed by atoms with Gasteiger partial charge < -0.3 is 9.26 Å². The highest BCUT2D eigenvalue weighted by Crippen LogP contribution is 2.22. The zero-order valence-electron chi connectivity index (χ0n) is 9.32. The molecule has 1 aromatic heterocycles. The van der Waals surface area contributed by atoms with E-state index in [9.17, 15) is 14.9 Å². The molecule has 0 N–H and O–H groups in total. The molecular weight excluding hydrogens is 240 g/mol. The van der Waals surface area contributed by atoms with Crippen molar-refractivity contribution < 1.29 is 19.0 Å². The number of methoxy groups -OCH3 is 1. The quantitative estimate of drug-likeness (QED) is 0.468. The average Bonchev–Trinajstić information content (AvgIpc) is 2.87. The first-order valence-corrected chi connectivity index (χ1v) is 4.91. The third kappa shape index (κ3) is 2.19. The summed E-state index contributed by atoms with van der Waals surface area (Å²) in [7, 11) is 1.23. The third-order valence-corrected chi connectivity index (χ3v) is 2.27. The lowest BCUT2D eigenvalue weighted by Crippen LogP contribution is -1.98. The Kier molecular flexibility index (Phi) is 3.05. The number of non-ortho nitro benzene ring substituents is 1. The zero-order chi connectivity index (χ0) is 13.1. The van der Waals surface area contributed by atoms with Gasteiger partial charge in [0, 0.05) is 23.8 Å². The number of nitrogens with zero attached hydrogens (tertiary/aromatic N) is 2. The molecular formula is C11H8N2O5. The van der Waals surface area contributed by atoms with Crippen LogP contribution in [0.25, 0.3) is 11.3 Å². The van der Waals surface area contributed by atoms with Crippen molar-refractivity contribution in [2.75, 3.05) is 7.11 Å². The molecule has 0 bridgehead atoms. The molecule has 0 saturated carbocycles. The molecule has 0 fully saturated rings. The van der Waals surface area contributed by atoms with Crippen LogP contribution in [-0.2, 0) is 4.74 Å². The maximum atomic E-state index is 11.2. The minimum atomic E-state index is -0.629. The Morgan fingerprint density at radius 3 is 2.61 bits per heavy atom. The van der Waals surface area contributed by atoms with Crippen molar-refractivity contribution in [3.05, 3.63) is 46.2 Å². The summed E-state index contributed by atoms with van der Waals surface area (Å²) in [6.45, 7) is 0. The fraction of sp³-hybridized carbons (Fsp3) is 0.0909. The number of esters is 1. The predicted octanol–water partition coefficient (Wildman–Crippen LogP) is 2.04. The SMILES string of the molecule is COC(=O)c1cc(-c2ccc([N+](=O)[O-])cc2)no1. The molecule has 1 heterocycles. The summed E-state index contributed by atoms with van der Waals surface area (Å²) >= 11 is 0. The molecule has 0 radical (unpaired) electrons. The van der Waals surface area contributed by atoms with Crippen molar-refractivity contribution >= 4 is 11.7 Å². The van der Waals surface area contributed by atoms with Crippen molar-refractivity contribution in [2.24, 2.45) is 0 Å². The van der Waals surface area contributed by atoms with Crippen LogP contribution in [0.4, 0.5) is 5.69 Å². The van der Waals surface area contributed by atoms with Crippen LogP contribution >= 0.6 is 0 Å². The Morgan fingerprint density at radius 1 is 1.39 bits per heavy atom. The second-order valence-electron chi connectivity index (χ2n) is 3.37. The normalized spacial score (nSPS) is 10.1. The standard InChI is InChI=1S/C11H8N2O5/c1-17-11(14)10-6-9(12-18-10)7-2-4-8(5-3-7)13(15)16/h2-6H,1H3. The number of aromatic nitrogens is 1. The summed E-state index contributed by atoms with van der Waals surface area (Å²) in [5.41, 5.74) is 1.00. The van der Waals surface area contributed by atoms with Crippen molar-refractivity contribution in [3.63, 3.8) is 0 Å². The van der Waals surface area contributed by atoms with E-state index in [4.69, 9.17) is 4.52 Å². The van der Waals surface area contributed by atoms with Crippen LogP contribution in [0.1, 0.15) is 10.6 Å². The first-order valence-electron chi connectivity index (χ1n) is 4.91. The number of hydrogen-bond acceptors (Lipinski definition) is 6. The van der Waals surface area contributed by atoms with Crippen LogP contribution in [-0.4, -0.2) is 23.2 Å². The van der Waals surface area contributed by atoms with E-state index in [-0.39, 0.29) is 11.4 Å². The molecule has 0 amide bonds. The van der Waals surface area contributed by atoms with Gasteiger partial charge in [-0.3, -0.25) is 10.1 Å². The molecule has 7 nitrogen and oxygen atoms in total. The summed E-state index contributed by atoms with van der Waals surface area (Å²) in [4.78, 5) is 21.2. The smallest absolute Gasteiger partial charge is 0.376 e. The second kappa shape index (κ2) is 4.66. The number of nitro groups is 1. The van der Waals surface area contributed by atoms with E-state index in [1.165, 1.54) is 37.4 Å². The predicted molar refractivity (Wildman–Crippen MR) is 59.9 cm³/mol. The molecule has 2 aromatic rings. The van der Waals surface area contributed by atoms with Crippen molar-refractivity contribution in [3.8, 4) is 11.3 Å². The van der Waals surface area contributed by atoms with Crippen molar-refractivity contribution in [2.45, 2.75) is 0 Å². The monoisotopic (exact) mass is 248 g/mol. The fourth-order valence-electron chi connectivity index (χ4n) is 1.36. The lowest BCUT2D eigenvalue weighted by molar-refractivity contribution is -0.384. The van der Waals surface area contributed by atoms with Gasteiger partial charge >= 0.3 is 5.97 Å². The van der Waals surface area contributed by atoms with E-state index in [2.05, 4.69) is 9.89 Å². The van der Waals surface area contributed by atoms with E-state index in [0.29, 0.717) is 11.3 Å². The lowest BCUT2D eigenvalue weighted by Gasteiger charge is -1.94. The van der Waals surface area contributed by atoms with Gasteiger partial charge in [0.15, 0.2) is 0 Å². The molecule has 0 unspecified atom stereocenters. The van der Waals surface area contributed by atoms with E-state index < -0.39 is 10.9 Å². The number of hydrogen-bond donors (Lipinski definition) is 0. The number of nitro benzene ring substituents is 1. The molecule has 2 rings (SSSR count). The first kappa shape index (κ1) is 11.8. The number of carbonyl (C=O) groups excluding carboxylic acids is 1. The maximum absolute atomic E-state index is 11.2. The minimum Gasteiger partial charge on any atom is -0.463 e. The Hall–Kier alpha value is -2.70. The van der Waals surface area contributed by atoms with Gasteiger partial charge in [-0.25, -0.2) is 4.79 Å². The van der Waals surface area contributed by atoms with Crippen LogP contribution < -0.4 is 0 Å². The number of benzene rings is 1. The summed E-state index contributed by atoms with van der Waals surface area (Å²) < 4.78 is 9.27. The van der Waals surface area contributed by atoms with Crippen LogP contribution in [0.15, 0.2) is 34.9 Å². The van der Waals surface area contributed by atoms with E-state index in [0.717, 1.165) is 0 Å². The maximum Gasteiger partial charge on any atom is 0.376 e. The highest BCUT2D eigenvalue weighted by atomic mass is 16.6. The summed E-state index contributed by atoms with van der Waals surface area (Å²) in [5.74, 6) is -0.651. The molecule has 0 spiro atoms. The lowest BCUT2D eigenvalue weighted by atomic mass is 10.1. The van der Waals surface area contributed by atoms with Gasteiger partial charge in [-0.1, -0.05) is 5.16 Å². The third-order valence-electron chi connectivity index (χ3n) is 2.27.